The van der Waals surface area contributed by atoms with Gasteiger partial charge in [-0.15, -0.1) is 0 Å². The van der Waals surface area contributed by atoms with Gasteiger partial charge in [0, 0.05) is 12.2 Å². The van der Waals surface area contributed by atoms with Crippen molar-refractivity contribution in [3.8, 4) is 0 Å². The maximum Gasteiger partial charge on any atom is 0.170 e. The van der Waals surface area contributed by atoms with Crippen LogP contribution in [0.4, 0.5) is 0 Å². The van der Waals surface area contributed by atoms with Gasteiger partial charge in [0.2, 0.25) is 0 Å². The van der Waals surface area contributed by atoms with E-state index >= 15 is 0 Å². The highest BCUT2D eigenvalue weighted by Crippen LogP contribution is 2.28. The van der Waals surface area contributed by atoms with Crippen molar-refractivity contribution in [2.45, 2.75) is 44.1 Å². The third kappa shape index (κ3) is 3.74. The zero-order chi connectivity index (χ0) is 11.5. The fraction of sp³-hybridized carbons (Fsp3) is 0.800. The van der Waals surface area contributed by atoms with Gasteiger partial charge < -0.3 is 5.11 Å². The van der Waals surface area contributed by atoms with E-state index in [-0.39, 0.29) is 5.92 Å². The van der Waals surface area contributed by atoms with Gasteiger partial charge in [0.05, 0.1) is 5.60 Å². The molecule has 0 radical (unpaired) electrons. The number of hydrogen-bond donors (Lipinski definition) is 1. The molecule has 0 aliphatic carbocycles. The first-order valence-corrected chi connectivity index (χ1v) is 6.89. The van der Waals surface area contributed by atoms with E-state index in [0.717, 1.165) is 16.6 Å². The molecule has 0 spiro atoms. The molecule has 0 saturated heterocycles. The minimum atomic E-state index is -0.636. The van der Waals surface area contributed by atoms with Crippen molar-refractivity contribution in [1.82, 2.24) is 9.36 Å². The molecule has 5 heteroatoms. The topological polar surface area (TPSA) is 46.0 Å². The van der Waals surface area contributed by atoms with E-state index in [1.807, 2.05) is 27.7 Å². The third-order valence-corrected chi connectivity index (χ3v) is 4.69. The standard InChI is InChI=1S/C10H18N2OS2/c1-5-8-11-9(15-12-8)14-6-10(4,13)7(2)3/h7,13H,5-6H2,1-4H3. The normalized spacial score (nSPS) is 15.6. The largest absolute Gasteiger partial charge is 0.389 e. The number of aliphatic hydroxyl groups is 1. The molecule has 86 valence electrons. The molecular weight excluding hydrogens is 228 g/mol. The first kappa shape index (κ1) is 12.9. The molecule has 1 heterocycles. The molecule has 1 unspecified atom stereocenters. The second kappa shape index (κ2) is 5.27. The van der Waals surface area contributed by atoms with Gasteiger partial charge in [0.15, 0.2) is 4.34 Å². The SMILES string of the molecule is CCc1nsc(SCC(C)(O)C(C)C)n1. The maximum atomic E-state index is 10.1. The molecule has 1 aromatic heterocycles. The van der Waals surface area contributed by atoms with Gasteiger partial charge in [-0.05, 0) is 24.4 Å². The molecule has 0 aromatic carbocycles. The van der Waals surface area contributed by atoms with Crippen molar-refractivity contribution in [3.05, 3.63) is 5.82 Å². The number of rotatable bonds is 5. The zero-order valence-corrected chi connectivity index (χ0v) is 11.3. The molecule has 1 rings (SSSR count). The molecule has 0 amide bonds. The predicted octanol–water partition coefficient (Wildman–Crippen LogP) is 2.60. The minimum Gasteiger partial charge on any atom is -0.389 e. The summed E-state index contributed by atoms with van der Waals surface area (Å²) >= 11 is 3.00. The van der Waals surface area contributed by atoms with Crippen LogP contribution in [0.1, 0.15) is 33.5 Å². The lowest BCUT2D eigenvalue weighted by molar-refractivity contribution is 0.0376. The highest BCUT2D eigenvalue weighted by Gasteiger charge is 2.25. The van der Waals surface area contributed by atoms with Crippen molar-refractivity contribution in [2.24, 2.45) is 5.92 Å². The highest BCUT2D eigenvalue weighted by atomic mass is 32.2. The summed E-state index contributed by atoms with van der Waals surface area (Å²) in [6.07, 6.45) is 0.873. The van der Waals surface area contributed by atoms with Crippen LogP contribution in [-0.2, 0) is 6.42 Å². The Morgan fingerprint density at radius 2 is 2.20 bits per heavy atom. The Labute approximate surface area is 99.5 Å². The second-order valence-electron chi connectivity index (χ2n) is 4.13. The van der Waals surface area contributed by atoms with Crippen LogP contribution < -0.4 is 0 Å². The third-order valence-electron chi connectivity index (χ3n) is 2.50. The summed E-state index contributed by atoms with van der Waals surface area (Å²) in [6.45, 7) is 7.96. The fourth-order valence-corrected chi connectivity index (χ4v) is 2.73. The Balaban J connectivity index is 2.50. The monoisotopic (exact) mass is 246 g/mol. The highest BCUT2D eigenvalue weighted by molar-refractivity contribution is 8.01. The van der Waals surface area contributed by atoms with E-state index in [2.05, 4.69) is 9.36 Å². The smallest absolute Gasteiger partial charge is 0.170 e. The van der Waals surface area contributed by atoms with Gasteiger partial charge in [-0.3, -0.25) is 0 Å². The maximum absolute atomic E-state index is 10.1. The lowest BCUT2D eigenvalue weighted by Crippen LogP contribution is -2.33. The number of nitrogens with zero attached hydrogens (tertiary/aromatic N) is 2. The lowest BCUT2D eigenvalue weighted by Gasteiger charge is -2.26. The quantitative estimate of drug-likeness (QED) is 0.811. The van der Waals surface area contributed by atoms with Crippen molar-refractivity contribution >= 4 is 23.3 Å². The molecule has 1 atom stereocenters. The van der Waals surface area contributed by atoms with E-state index in [1.165, 1.54) is 11.5 Å². The first-order chi connectivity index (χ1) is 6.95. The van der Waals surface area contributed by atoms with Crippen LogP contribution >= 0.6 is 23.3 Å². The average molecular weight is 246 g/mol. The number of hydrogen-bond acceptors (Lipinski definition) is 5. The molecule has 0 saturated carbocycles. The molecule has 0 aliphatic rings. The second-order valence-corrected chi connectivity index (χ2v) is 6.10. The minimum absolute atomic E-state index is 0.253. The van der Waals surface area contributed by atoms with E-state index in [0.29, 0.717) is 5.75 Å². The lowest BCUT2D eigenvalue weighted by atomic mass is 9.95. The van der Waals surface area contributed by atoms with Crippen LogP contribution in [0.3, 0.4) is 0 Å². The zero-order valence-electron chi connectivity index (χ0n) is 9.65. The van der Waals surface area contributed by atoms with E-state index in [1.54, 1.807) is 11.8 Å². The summed E-state index contributed by atoms with van der Waals surface area (Å²) < 4.78 is 5.16. The Morgan fingerprint density at radius 3 is 2.67 bits per heavy atom. The van der Waals surface area contributed by atoms with E-state index < -0.39 is 5.60 Å². The molecule has 1 aromatic rings. The van der Waals surface area contributed by atoms with Gasteiger partial charge in [0.1, 0.15) is 5.82 Å². The van der Waals surface area contributed by atoms with Crippen LogP contribution in [0.25, 0.3) is 0 Å². The van der Waals surface area contributed by atoms with Crippen molar-refractivity contribution in [1.29, 1.82) is 0 Å². The van der Waals surface area contributed by atoms with Crippen LogP contribution in [-0.4, -0.2) is 25.8 Å². The Kier molecular flexibility index (Phi) is 4.55. The van der Waals surface area contributed by atoms with Crippen LogP contribution in [0, 0.1) is 5.92 Å². The molecule has 0 aliphatic heterocycles. The van der Waals surface area contributed by atoms with Gasteiger partial charge >= 0.3 is 0 Å². The molecule has 1 N–H and O–H groups in total. The Bertz CT molecular complexity index is 310. The van der Waals surface area contributed by atoms with Crippen molar-refractivity contribution in [2.75, 3.05) is 5.75 Å². The molecule has 15 heavy (non-hydrogen) atoms. The van der Waals surface area contributed by atoms with Gasteiger partial charge in [0.25, 0.3) is 0 Å². The fourth-order valence-electron chi connectivity index (χ4n) is 0.815. The summed E-state index contributed by atoms with van der Waals surface area (Å²) in [6, 6.07) is 0. The predicted molar refractivity (Wildman–Crippen MR) is 65.5 cm³/mol. The summed E-state index contributed by atoms with van der Waals surface area (Å²) in [7, 11) is 0. The van der Waals surface area contributed by atoms with Gasteiger partial charge in [-0.25, -0.2) is 4.98 Å². The van der Waals surface area contributed by atoms with Crippen LogP contribution in [0.5, 0.6) is 0 Å². The summed E-state index contributed by atoms with van der Waals surface area (Å²) in [4.78, 5) is 4.35. The molecule has 3 nitrogen and oxygen atoms in total. The van der Waals surface area contributed by atoms with E-state index in [9.17, 15) is 5.11 Å². The Hall–Kier alpha value is -0.130. The number of aryl methyl sites for hydroxylation is 1. The summed E-state index contributed by atoms with van der Waals surface area (Å²) in [5, 5.41) is 10.1. The van der Waals surface area contributed by atoms with Gasteiger partial charge in [-0.2, -0.15) is 4.37 Å². The molecule has 0 fully saturated rings. The van der Waals surface area contributed by atoms with Crippen LogP contribution in [0.15, 0.2) is 4.34 Å². The van der Waals surface area contributed by atoms with Crippen molar-refractivity contribution < 1.29 is 5.11 Å². The number of aromatic nitrogens is 2. The molecular formula is C10H18N2OS2. The van der Waals surface area contributed by atoms with Gasteiger partial charge in [-0.1, -0.05) is 32.5 Å². The summed E-state index contributed by atoms with van der Waals surface area (Å²) in [5.41, 5.74) is -0.636. The van der Waals surface area contributed by atoms with Crippen LogP contribution in [0.2, 0.25) is 0 Å². The van der Waals surface area contributed by atoms with E-state index in [4.69, 9.17) is 0 Å². The Morgan fingerprint density at radius 1 is 1.53 bits per heavy atom. The molecule has 0 bridgehead atoms. The van der Waals surface area contributed by atoms with Crippen molar-refractivity contribution in [3.63, 3.8) is 0 Å². The summed E-state index contributed by atoms with van der Waals surface area (Å²) in [5.74, 6) is 1.82. The average Bonchev–Trinajstić information content (AvgIpc) is 2.62. The number of thioether (sulfide) groups is 1. The first-order valence-electron chi connectivity index (χ1n) is 5.13.